The summed E-state index contributed by atoms with van der Waals surface area (Å²) in [7, 11) is 0. The van der Waals surface area contributed by atoms with Crippen molar-refractivity contribution in [1.82, 2.24) is 5.32 Å². The maximum Gasteiger partial charge on any atom is 0.346 e. The van der Waals surface area contributed by atoms with Gasteiger partial charge in [-0.15, -0.1) is 11.3 Å². The van der Waals surface area contributed by atoms with Crippen LogP contribution in [0.1, 0.15) is 35.0 Å². The van der Waals surface area contributed by atoms with Crippen molar-refractivity contribution in [3.05, 3.63) is 34.5 Å². The Kier molecular flexibility index (Phi) is 5.27. The Morgan fingerprint density at radius 1 is 1.48 bits per heavy atom. The molecule has 4 nitrogen and oxygen atoms in total. The number of benzene rings is 1. The highest BCUT2D eigenvalue weighted by molar-refractivity contribution is 7.21. The second-order valence-electron chi connectivity index (χ2n) is 4.90. The van der Waals surface area contributed by atoms with Gasteiger partial charge in [-0.1, -0.05) is 19.4 Å². The smallest absolute Gasteiger partial charge is 0.346 e. The van der Waals surface area contributed by atoms with Gasteiger partial charge in [0.1, 0.15) is 10.7 Å². The first kappa shape index (κ1) is 15.9. The number of nitrogens with one attached hydrogen (secondary N) is 1. The number of halogens is 1. The summed E-state index contributed by atoms with van der Waals surface area (Å²) in [6.07, 6.45) is 1.08. The Morgan fingerprint density at radius 3 is 2.90 bits per heavy atom. The SMILES string of the molecule is CCCC(O)CNCc1c(C(=O)O)sc2cccc(F)c12. The molecule has 6 heteroatoms. The number of carboxylic acids is 1. The summed E-state index contributed by atoms with van der Waals surface area (Å²) in [5.41, 5.74) is 0.448. The molecule has 0 bridgehead atoms. The van der Waals surface area contributed by atoms with Gasteiger partial charge in [-0.05, 0) is 18.6 Å². The van der Waals surface area contributed by atoms with Crippen molar-refractivity contribution < 1.29 is 19.4 Å². The van der Waals surface area contributed by atoms with Crippen LogP contribution >= 0.6 is 11.3 Å². The molecule has 1 heterocycles. The zero-order valence-corrected chi connectivity index (χ0v) is 12.5. The summed E-state index contributed by atoms with van der Waals surface area (Å²) in [5.74, 6) is -1.47. The second kappa shape index (κ2) is 6.98. The topological polar surface area (TPSA) is 69.6 Å². The van der Waals surface area contributed by atoms with Crippen LogP contribution in [0.15, 0.2) is 18.2 Å². The van der Waals surface area contributed by atoms with Crippen LogP contribution < -0.4 is 5.32 Å². The highest BCUT2D eigenvalue weighted by Gasteiger charge is 2.20. The predicted molar refractivity (Wildman–Crippen MR) is 81.4 cm³/mol. The van der Waals surface area contributed by atoms with Gasteiger partial charge in [0.2, 0.25) is 0 Å². The van der Waals surface area contributed by atoms with Crippen molar-refractivity contribution in [3.8, 4) is 0 Å². The van der Waals surface area contributed by atoms with Crippen LogP contribution in [0.3, 0.4) is 0 Å². The summed E-state index contributed by atoms with van der Waals surface area (Å²) in [5, 5.41) is 22.3. The number of hydrogen-bond acceptors (Lipinski definition) is 4. The summed E-state index contributed by atoms with van der Waals surface area (Å²) >= 11 is 1.07. The van der Waals surface area contributed by atoms with Crippen molar-refractivity contribution >= 4 is 27.4 Å². The van der Waals surface area contributed by atoms with Gasteiger partial charge in [-0.25, -0.2) is 9.18 Å². The lowest BCUT2D eigenvalue weighted by Gasteiger charge is -2.11. The maximum absolute atomic E-state index is 14.0. The van der Waals surface area contributed by atoms with Gasteiger partial charge in [0, 0.05) is 28.7 Å². The van der Waals surface area contributed by atoms with E-state index in [1.54, 1.807) is 12.1 Å². The van der Waals surface area contributed by atoms with E-state index < -0.39 is 17.9 Å². The Hall–Kier alpha value is -1.50. The Balaban J connectivity index is 2.24. The lowest BCUT2D eigenvalue weighted by molar-refractivity contribution is 0.0701. The van der Waals surface area contributed by atoms with Crippen molar-refractivity contribution in [2.75, 3.05) is 6.54 Å². The lowest BCUT2D eigenvalue weighted by atomic mass is 10.1. The quantitative estimate of drug-likeness (QED) is 0.735. The minimum Gasteiger partial charge on any atom is -0.477 e. The fourth-order valence-corrected chi connectivity index (χ4v) is 3.38. The average molecular weight is 311 g/mol. The molecule has 0 saturated carbocycles. The maximum atomic E-state index is 14.0. The van der Waals surface area contributed by atoms with Crippen molar-refractivity contribution in [1.29, 1.82) is 0 Å². The lowest BCUT2D eigenvalue weighted by Crippen LogP contribution is -2.26. The number of hydrogen-bond donors (Lipinski definition) is 3. The second-order valence-corrected chi connectivity index (χ2v) is 5.95. The van der Waals surface area contributed by atoms with Gasteiger partial charge in [0.15, 0.2) is 0 Å². The summed E-state index contributed by atoms with van der Waals surface area (Å²) in [4.78, 5) is 11.5. The minimum atomic E-state index is -1.05. The van der Waals surface area contributed by atoms with Crippen LogP contribution in [0, 0.1) is 5.82 Å². The first-order valence-corrected chi connectivity index (χ1v) is 7.68. The Bertz CT molecular complexity index is 641. The molecule has 3 N–H and O–H groups in total. The molecule has 1 aromatic heterocycles. The Morgan fingerprint density at radius 2 is 2.24 bits per heavy atom. The van der Waals surface area contributed by atoms with Gasteiger partial charge in [0.05, 0.1) is 6.10 Å². The van der Waals surface area contributed by atoms with E-state index in [1.165, 1.54) is 6.07 Å². The van der Waals surface area contributed by atoms with E-state index in [1.807, 2.05) is 6.92 Å². The predicted octanol–water partition coefficient (Wildman–Crippen LogP) is 2.99. The molecule has 0 amide bonds. The molecule has 2 aromatic rings. The van der Waals surface area contributed by atoms with Crippen LogP contribution in [-0.2, 0) is 6.54 Å². The molecule has 0 aliphatic rings. The normalized spacial score (nSPS) is 12.7. The third kappa shape index (κ3) is 3.58. The molecule has 1 aromatic carbocycles. The van der Waals surface area contributed by atoms with Crippen molar-refractivity contribution in [2.45, 2.75) is 32.4 Å². The fourth-order valence-electron chi connectivity index (χ4n) is 2.31. The molecular formula is C15H18FNO3S. The highest BCUT2D eigenvalue weighted by atomic mass is 32.1. The molecule has 1 unspecified atom stereocenters. The first-order chi connectivity index (χ1) is 10.0. The molecule has 114 valence electrons. The Labute approximate surface area is 126 Å². The number of carbonyl (C=O) groups is 1. The number of aliphatic hydroxyl groups excluding tert-OH is 1. The van der Waals surface area contributed by atoms with Gasteiger partial charge in [0.25, 0.3) is 0 Å². The zero-order valence-electron chi connectivity index (χ0n) is 11.7. The molecule has 0 saturated heterocycles. The zero-order chi connectivity index (χ0) is 15.4. The van der Waals surface area contributed by atoms with Crippen molar-refractivity contribution in [2.24, 2.45) is 0 Å². The largest absolute Gasteiger partial charge is 0.477 e. The third-order valence-electron chi connectivity index (χ3n) is 3.26. The molecule has 0 aliphatic heterocycles. The number of thiophene rings is 1. The van der Waals surface area contributed by atoms with E-state index >= 15 is 0 Å². The summed E-state index contributed by atoms with van der Waals surface area (Å²) in [6, 6.07) is 4.61. The molecule has 1 atom stereocenters. The van der Waals surface area contributed by atoms with E-state index in [9.17, 15) is 19.4 Å². The van der Waals surface area contributed by atoms with Crippen LogP contribution in [-0.4, -0.2) is 28.8 Å². The molecule has 0 spiro atoms. The standard InChI is InChI=1S/C15H18FNO3S/c1-2-4-9(18)7-17-8-10-13-11(16)5-3-6-12(13)21-14(10)15(19)20/h3,5-6,9,17-18H,2,4,7-8H2,1H3,(H,19,20). The van der Waals surface area contributed by atoms with E-state index in [2.05, 4.69) is 5.32 Å². The number of rotatable bonds is 7. The number of aromatic carboxylic acids is 1. The third-order valence-corrected chi connectivity index (χ3v) is 4.45. The molecule has 0 fully saturated rings. The van der Waals surface area contributed by atoms with E-state index in [-0.39, 0.29) is 11.4 Å². The van der Waals surface area contributed by atoms with Crippen LogP contribution in [0.2, 0.25) is 0 Å². The summed E-state index contributed by atoms with van der Waals surface area (Å²) < 4.78 is 14.6. The van der Waals surface area contributed by atoms with Gasteiger partial charge in [-0.3, -0.25) is 0 Å². The van der Waals surface area contributed by atoms with Gasteiger partial charge < -0.3 is 15.5 Å². The number of fused-ring (bicyclic) bond motifs is 1. The molecule has 2 rings (SSSR count). The van der Waals surface area contributed by atoms with Gasteiger partial charge in [-0.2, -0.15) is 0 Å². The first-order valence-electron chi connectivity index (χ1n) is 6.86. The molecule has 0 aliphatic carbocycles. The number of carboxylic acid groups (broad SMARTS) is 1. The average Bonchev–Trinajstić information content (AvgIpc) is 2.79. The molecule has 21 heavy (non-hydrogen) atoms. The highest BCUT2D eigenvalue weighted by Crippen LogP contribution is 2.33. The van der Waals surface area contributed by atoms with E-state index in [0.717, 1.165) is 17.8 Å². The number of aliphatic hydroxyl groups is 1. The monoisotopic (exact) mass is 311 g/mol. The molecule has 0 radical (unpaired) electrons. The van der Waals surface area contributed by atoms with Gasteiger partial charge >= 0.3 is 5.97 Å². The summed E-state index contributed by atoms with van der Waals surface area (Å²) in [6.45, 7) is 2.57. The minimum absolute atomic E-state index is 0.146. The van der Waals surface area contributed by atoms with Crippen LogP contribution in [0.5, 0.6) is 0 Å². The fraction of sp³-hybridized carbons (Fsp3) is 0.400. The molecular weight excluding hydrogens is 293 g/mol. The van der Waals surface area contributed by atoms with Crippen molar-refractivity contribution in [3.63, 3.8) is 0 Å². The van der Waals surface area contributed by atoms with E-state index in [0.29, 0.717) is 28.6 Å². The van der Waals surface area contributed by atoms with Crippen LogP contribution in [0.4, 0.5) is 4.39 Å². The van der Waals surface area contributed by atoms with E-state index in [4.69, 9.17) is 0 Å². The van der Waals surface area contributed by atoms with Crippen LogP contribution in [0.25, 0.3) is 10.1 Å².